The lowest BCUT2D eigenvalue weighted by Gasteiger charge is -2.01. The fourth-order valence-corrected chi connectivity index (χ4v) is 2.18. The van der Waals surface area contributed by atoms with Crippen LogP contribution in [-0.2, 0) is 0 Å². The highest BCUT2D eigenvalue weighted by molar-refractivity contribution is 7.15. The molecule has 0 radical (unpaired) electrons. The number of rotatable bonds is 3. The van der Waals surface area contributed by atoms with Crippen molar-refractivity contribution < 1.29 is 4.79 Å². The highest BCUT2D eigenvalue weighted by Crippen LogP contribution is 2.16. The fourth-order valence-electron chi connectivity index (χ4n) is 1.42. The summed E-state index contributed by atoms with van der Waals surface area (Å²) >= 11 is 1.52. The number of amides is 1. The third-order valence-electron chi connectivity index (χ3n) is 2.06. The minimum Gasteiger partial charge on any atom is -0.347 e. The van der Waals surface area contributed by atoms with E-state index in [0.29, 0.717) is 12.2 Å². The van der Waals surface area contributed by atoms with Crippen LogP contribution in [0.1, 0.15) is 16.2 Å². The number of nitrogens with zero attached hydrogens (tertiary/aromatic N) is 2. The Hall–Kier alpha value is -1.62. The molecule has 0 saturated carbocycles. The van der Waals surface area contributed by atoms with Gasteiger partial charge in [-0.2, -0.15) is 0 Å². The molecule has 78 valence electrons. The van der Waals surface area contributed by atoms with Gasteiger partial charge in [0.05, 0.1) is 5.69 Å². The van der Waals surface area contributed by atoms with Gasteiger partial charge in [0.15, 0.2) is 4.96 Å². The van der Waals surface area contributed by atoms with Crippen LogP contribution in [0.25, 0.3) is 4.96 Å². The van der Waals surface area contributed by atoms with Crippen molar-refractivity contribution in [3.8, 4) is 0 Å². The van der Waals surface area contributed by atoms with Crippen molar-refractivity contribution in [2.45, 2.75) is 6.92 Å². The molecule has 1 N–H and O–H groups in total. The second kappa shape index (κ2) is 3.86. The molecule has 2 aromatic rings. The standard InChI is InChI=1S/C10H11N3OS/c1-3-4-11-9(14)8-7(2)12-10-13(8)5-6-15-10/h3,5-6H,1,4H2,2H3,(H,11,14). The first kappa shape index (κ1) is 9.92. The number of aryl methyl sites for hydroxylation is 1. The smallest absolute Gasteiger partial charge is 0.270 e. The van der Waals surface area contributed by atoms with E-state index in [1.807, 2.05) is 18.5 Å². The van der Waals surface area contributed by atoms with Crippen LogP contribution in [0.15, 0.2) is 24.2 Å². The van der Waals surface area contributed by atoms with Crippen molar-refractivity contribution in [3.63, 3.8) is 0 Å². The zero-order valence-corrected chi connectivity index (χ0v) is 9.17. The molecule has 0 atom stereocenters. The van der Waals surface area contributed by atoms with Crippen molar-refractivity contribution in [1.82, 2.24) is 14.7 Å². The van der Waals surface area contributed by atoms with Gasteiger partial charge in [-0.1, -0.05) is 6.08 Å². The lowest BCUT2D eigenvalue weighted by atomic mass is 10.3. The van der Waals surface area contributed by atoms with Crippen molar-refractivity contribution >= 4 is 22.2 Å². The minimum absolute atomic E-state index is 0.113. The van der Waals surface area contributed by atoms with Crippen LogP contribution < -0.4 is 5.32 Å². The van der Waals surface area contributed by atoms with Crippen molar-refractivity contribution in [2.24, 2.45) is 0 Å². The zero-order chi connectivity index (χ0) is 10.8. The van der Waals surface area contributed by atoms with Crippen LogP contribution in [-0.4, -0.2) is 21.8 Å². The molecule has 0 spiro atoms. The van der Waals surface area contributed by atoms with Crippen LogP contribution in [0.2, 0.25) is 0 Å². The van der Waals surface area contributed by atoms with Gasteiger partial charge < -0.3 is 5.32 Å². The van der Waals surface area contributed by atoms with Crippen molar-refractivity contribution in [3.05, 3.63) is 35.6 Å². The highest BCUT2D eigenvalue weighted by atomic mass is 32.1. The first-order valence-electron chi connectivity index (χ1n) is 4.55. The predicted molar refractivity (Wildman–Crippen MR) is 60.3 cm³/mol. The van der Waals surface area contributed by atoms with E-state index in [4.69, 9.17) is 0 Å². The van der Waals surface area contributed by atoms with Gasteiger partial charge in [-0.15, -0.1) is 17.9 Å². The van der Waals surface area contributed by atoms with Crippen LogP contribution in [0, 0.1) is 6.92 Å². The van der Waals surface area contributed by atoms with Gasteiger partial charge in [-0.3, -0.25) is 9.20 Å². The van der Waals surface area contributed by atoms with Crippen LogP contribution in [0.4, 0.5) is 0 Å². The number of aromatic nitrogens is 2. The fraction of sp³-hybridized carbons (Fsp3) is 0.200. The van der Waals surface area contributed by atoms with E-state index in [0.717, 1.165) is 10.7 Å². The van der Waals surface area contributed by atoms with E-state index >= 15 is 0 Å². The van der Waals surface area contributed by atoms with E-state index in [1.165, 1.54) is 11.3 Å². The molecule has 2 aromatic heterocycles. The minimum atomic E-state index is -0.113. The maximum absolute atomic E-state index is 11.8. The Morgan fingerprint density at radius 3 is 3.33 bits per heavy atom. The first-order valence-corrected chi connectivity index (χ1v) is 5.43. The Kier molecular flexibility index (Phi) is 2.55. The Morgan fingerprint density at radius 1 is 1.80 bits per heavy atom. The van der Waals surface area contributed by atoms with Crippen molar-refractivity contribution in [1.29, 1.82) is 0 Å². The van der Waals surface area contributed by atoms with Gasteiger partial charge in [-0.25, -0.2) is 4.98 Å². The average Bonchev–Trinajstić information content (AvgIpc) is 2.73. The summed E-state index contributed by atoms with van der Waals surface area (Å²) in [5.41, 5.74) is 1.36. The van der Waals surface area contributed by atoms with Gasteiger partial charge in [0.2, 0.25) is 0 Å². The number of hydrogen-bond donors (Lipinski definition) is 1. The molecule has 0 aromatic carbocycles. The van der Waals surface area contributed by atoms with Gasteiger partial charge in [0.1, 0.15) is 5.69 Å². The molecule has 0 unspecified atom stereocenters. The second-order valence-corrected chi connectivity index (χ2v) is 3.97. The molecule has 2 heterocycles. The summed E-state index contributed by atoms with van der Waals surface area (Å²) in [6, 6.07) is 0. The lowest BCUT2D eigenvalue weighted by Crippen LogP contribution is -2.25. The molecule has 0 saturated heterocycles. The van der Waals surface area contributed by atoms with E-state index in [1.54, 1.807) is 10.5 Å². The van der Waals surface area contributed by atoms with Gasteiger partial charge >= 0.3 is 0 Å². The highest BCUT2D eigenvalue weighted by Gasteiger charge is 2.15. The van der Waals surface area contributed by atoms with Gasteiger partial charge in [0.25, 0.3) is 5.91 Å². The van der Waals surface area contributed by atoms with Crippen LogP contribution in [0.3, 0.4) is 0 Å². The largest absolute Gasteiger partial charge is 0.347 e. The molecular formula is C10H11N3OS. The lowest BCUT2D eigenvalue weighted by molar-refractivity contribution is 0.0951. The molecule has 0 aliphatic carbocycles. The molecule has 5 heteroatoms. The molecule has 0 aliphatic rings. The van der Waals surface area contributed by atoms with E-state index in [-0.39, 0.29) is 5.91 Å². The molecule has 15 heavy (non-hydrogen) atoms. The Balaban J connectivity index is 2.40. The topological polar surface area (TPSA) is 46.4 Å². The number of nitrogens with one attached hydrogen (secondary N) is 1. The Labute approximate surface area is 91.3 Å². The summed E-state index contributed by atoms with van der Waals surface area (Å²) in [7, 11) is 0. The molecule has 4 nitrogen and oxygen atoms in total. The molecule has 0 bridgehead atoms. The van der Waals surface area contributed by atoms with Gasteiger partial charge in [0, 0.05) is 18.1 Å². The molecule has 2 rings (SSSR count). The molecule has 0 fully saturated rings. The first-order chi connectivity index (χ1) is 7.24. The summed E-state index contributed by atoms with van der Waals surface area (Å²) in [4.78, 5) is 16.9. The summed E-state index contributed by atoms with van der Waals surface area (Å²) in [5.74, 6) is -0.113. The summed E-state index contributed by atoms with van der Waals surface area (Å²) in [6.45, 7) is 5.86. The SMILES string of the molecule is C=CCNC(=O)c1c(C)nc2sccn12. The summed E-state index contributed by atoms with van der Waals surface area (Å²) < 4.78 is 1.80. The third kappa shape index (κ3) is 1.66. The van der Waals surface area contributed by atoms with E-state index in [2.05, 4.69) is 16.9 Å². The summed E-state index contributed by atoms with van der Waals surface area (Å²) in [6.07, 6.45) is 3.50. The third-order valence-corrected chi connectivity index (χ3v) is 2.82. The maximum atomic E-state index is 11.8. The Bertz CT molecular complexity index is 512. The number of fused-ring (bicyclic) bond motifs is 1. The molecule has 0 aliphatic heterocycles. The normalized spacial score (nSPS) is 10.5. The summed E-state index contributed by atoms with van der Waals surface area (Å²) in [5, 5.41) is 4.65. The van der Waals surface area contributed by atoms with Crippen LogP contribution >= 0.6 is 11.3 Å². The number of imidazole rings is 1. The maximum Gasteiger partial charge on any atom is 0.270 e. The monoisotopic (exact) mass is 221 g/mol. The number of carbonyl (C=O) groups is 1. The number of thiazole rings is 1. The van der Waals surface area contributed by atoms with Crippen LogP contribution in [0.5, 0.6) is 0 Å². The predicted octanol–water partition coefficient (Wildman–Crippen LogP) is 1.62. The van der Waals surface area contributed by atoms with E-state index in [9.17, 15) is 4.79 Å². The second-order valence-electron chi connectivity index (χ2n) is 3.10. The number of carbonyl (C=O) groups excluding carboxylic acids is 1. The zero-order valence-electron chi connectivity index (χ0n) is 8.36. The van der Waals surface area contributed by atoms with E-state index < -0.39 is 0 Å². The van der Waals surface area contributed by atoms with Gasteiger partial charge in [-0.05, 0) is 6.92 Å². The number of hydrogen-bond acceptors (Lipinski definition) is 3. The quantitative estimate of drug-likeness (QED) is 0.800. The molecular weight excluding hydrogens is 210 g/mol. The van der Waals surface area contributed by atoms with Crippen molar-refractivity contribution in [2.75, 3.05) is 6.54 Å². The molecule has 1 amide bonds. The Morgan fingerprint density at radius 2 is 2.60 bits per heavy atom. The average molecular weight is 221 g/mol.